The Morgan fingerprint density at radius 2 is 2.00 bits per heavy atom. The number of aromatic amines is 1. The molecule has 4 N–H and O–H groups in total. The summed E-state index contributed by atoms with van der Waals surface area (Å²) in [7, 11) is 3.19. The average molecular weight is 267 g/mol. The zero-order valence-electron chi connectivity index (χ0n) is 10.9. The summed E-state index contributed by atoms with van der Waals surface area (Å²) in [6.45, 7) is 0.501. The zero-order valence-corrected chi connectivity index (χ0v) is 10.9. The van der Waals surface area contributed by atoms with Crippen molar-refractivity contribution in [3.63, 3.8) is 0 Å². The molecule has 19 heavy (non-hydrogen) atoms. The quantitative estimate of drug-likeness (QED) is 0.615. The van der Waals surface area contributed by atoms with Crippen LogP contribution in [0, 0.1) is 0 Å². The van der Waals surface area contributed by atoms with Crippen LogP contribution < -0.4 is 22.3 Å². The van der Waals surface area contributed by atoms with Crippen LogP contribution in [0.25, 0.3) is 0 Å². The minimum atomic E-state index is -0.552. The first-order chi connectivity index (χ1) is 8.90. The van der Waals surface area contributed by atoms with E-state index in [1.807, 2.05) is 0 Å². The Kier molecular flexibility index (Phi) is 3.32. The smallest absolute Gasteiger partial charge is 0.329 e. The van der Waals surface area contributed by atoms with Crippen molar-refractivity contribution in [1.82, 2.24) is 14.5 Å². The van der Waals surface area contributed by atoms with Crippen molar-refractivity contribution in [3.05, 3.63) is 20.8 Å². The molecule has 1 atom stereocenters. The number of carbonyl (C=O) groups is 1. The highest BCUT2D eigenvalue weighted by Crippen LogP contribution is 2.16. The molecule has 1 amide bonds. The van der Waals surface area contributed by atoms with E-state index in [0.29, 0.717) is 19.4 Å². The molecule has 1 fully saturated rings. The van der Waals surface area contributed by atoms with Gasteiger partial charge in [0.15, 0.2) is 0 Å². The van der Waals surface area contributed by atoms with Gasteiger partial charge in [-0.2, -0.15) is 0 Å². The van der Waals surface area contributed by atoms with Crippen molar-refractivity contribution in [3.8, 4) is 0 Å². The van der Waals surface area contributed by atoms with Crippen LogP contribution in [0.2, 0.25) is 0 Å². The Balaban J connectivity index is 2.25. The van der Waals surface area contributed by atoms with E-state index in [2.05, 4.69) is 10.3 Å². The number of hydrogen-bond donors (Lipinski definition) is 3. The minimum absolute atomic E-state index is 0.0522. The number of hydrogen-bond acceptors (Lipinski definition) is 5. The minimum Gasteiger partial charge on any atom is -0.383 e. The number of H-pyrrole nitrogens is 1. The van der Waals surface area contributed by atoms with Gasteiger partial charge < -0.3 is 16.0 Å². The van der Waals surface area contributed by atoms with Crippen molar-refractivity contribution in [2.45, 2.75) is 18.9 Å². The second-order valence-electron chi connectivity index (χ2n) is 4.73. The molecule has 1 aliphatic heterocycles. The molecule has 2 rings (SSSR count). The van der Waals surface area contributed by atoms with Gasteiger partial charge in [0.1, 0.15) is 11.5 Å². The summed E-state index contributed by atoms with van der Waals surface area (Å²) in [6.07, 6.45) is 1.06. The number of amides is 1. The van der Waals surface area contributed by atoms with Crippen molar-refractivity contribution in [1.29, 1.82) is 0 Å². The maximum atomic E-state index is 11.7. The highest BCUT2D eigenvalue weighted by molar-refractivity contribution is 5.77. The van der Waals surface area contributed by atoms with Crippen molar-refractivity contribution in [2.24, 2.45) is 7.05 Å². The second kappa shape index (κ2) is 4.79. The topological polar surface area (TPSA) is 113 Å². The molecule has 8 nitrogen and oxygen atoms in total. The van der Waals surface area contributed by atoms with Gasteiger partial charge in [-0.1, -0.05) is 0 Å². The summed E-state index contributed by atoms with van der Waals surface area (Å²) < 4.78 is 1.17. The van der Waals surface area contributed by atoms with Gasteiger partial charge in [-0.15, -0.1) is 0 Å². The third kappa shape index (κ3) is 2.47. The van der Waals surface area contributed by atoms with Crippen molar-refractivity contribution in [2.75, 3.05) is 24.6 Å². The number of nitrogen functional groups attached to an aromatic ring is 1. The molecule has 2 heterocycles. The maximum absolute atomic E-state index is 11.7. The first kappa shape index (κ1) is 13.2. The number of rotatable bonds is 2. The van der Waals surface area contributed by atoms with E-state index in [1.165, 1.54) is 11.6 Å². The molecule has 1 aromatic heterocycles. The van der Waals surface area contributed by atoms with Crippen LogP contribution in [0.15, 0.2) is 9.59 Å². The van der Waals surface area contributed by atoms with E-state index in [0.717, 1.165) is 0 Å². The Morgan fingerprint density at radius 1 is 1.32 bits per heavy atom. The van der Waals surface area contributed by atoms with Crippen LogP contribution in [0.1, 0.15) is 12.8 Å². The van der Waals surface area contributed by atoms with E-state index < -0.39 is 11.2 Å². The summed E-state index contributed by atoms with van der Waals surface area (Å²) in [6, 6.07) is -0.0522. The maximum Gasteiger partial charge on any atom is 0.329 e. The van der Waals surface area contributed by atoms with E-state index in [1.54, 1.807) is 11.9 Å². The number of nitrogens with one attached hydrogen (secondary N) is 2. The van der Waals surface area contributed by atoms with E-state index in [-0.39, 0.29) is 23.5 Å². The summed E-state index contributed by atoms with van der Waals surface area (Å²) in [5.74, 6) is 0.175. The summed E-state index contributed by atoms with van der Waals surface area (Å²) >= 11 is 0. The van der Waals surface area contributed by atoms with Crippen LogP contribution in [0.5, 0.6) is 0 Å². The van der Waals surface area contributed by atoms with Gasteiger partial charge in [-0.3, -0.25) is 19.1 Å². The number of nitrogens with two attached hydrogens (primary N) is 1. The molecule has 0 spiro atoms. The van der Waals surface area contributed by atoms with Crippen LogP contribution in [-0.4, -0.2) is 40.0 Å². The molecular formula is C11H17N5O3. The predicted octanol–water partition coefficient (Wildman–Crippen LogP) is -1.31. The third-order valence-corrected chi connectivity index (χ3v) is 3.34. The molecular weight excluding hydrogens is 250 g/mol. The molecule has 8 heteroatoms. The monoisotopic (exact) mass is 267 g/mol. The molecule has 1 saturated heterocycles. The molecule has 1 aromatic rings. The fourth-order valence-corrected chi connectivity index (χ4v) is 2.11. The van der Waals surface area contributed by atoms with E-state index in [9.17, 15) is 14.4 Å². The number of anilines is 2. The molecule has 104 valence electrons. The number of likely N-dealkylation sites (tertiary alicyclic amines) is 1. The number of aromatic nitrogens is 2. The summed E-state index contributed by atoms with van der Waals surface area (Å²) in [5.41, 5.74) is 4.85. The van der Waals surface area contributed by atoms with Crippen LogP contribution in [0.3, 0.4) is 0 Å². The number of nitrogens with zero attached hydrogens (tertiary/aromatic N) is 2. The molecule has 0 saturated carbocycles. The van der Waals surface area contributed by atoms with Gasteiger partial charge in [0, 0.05) is 33.1 Å². The highest BCUT2D eigenvalue weighted by atomic mass is 16.2. The van der Waals surface area contributed by atoms with Crippen molar-refractivity contribution >= 4 is 17.4 Å². The van der Waals surface area contributed by atoms with Crippen LogP contribution in [-0.2, 0) is 11.8 Å². The van der Waals surface area contributed by atoms with Gasteiger partial charge in [-0.25, -0.2) is 4.79 Å². The lowest BCUT2D eigenvalue weighted by atomic mass is 10.1. The van der Waals surface area contributed by atoms with Crippen LogP contribution in [0.4, 0.5) is 11.5 Å². The Bertz CT molecular complexity index is 618. The van der Waals surface area contributed by atoms with E-state index >= 15 is 0 Å². The molecule has 0 radical (unpaired) electrons. The van der Waals surface area contributed by atoms with Gasteiger partial charge >= 0.3 is 5.69 Å². The summed E-state index contributed by atoms with van der Waals surface area (Å²) in [5, 5.41) is 3.01. The average Bonchev–Trinajstić information content (AvgIpc) is 2.36. The van der Waals surface area contributed by atoms with Crippen LogP contribution >= 0.6 is 0 Å². The largest absolute Gasteiger partial charge is 0.383 e. The Morgan fingerprint density at radius 3 is 2.63 bits per heavy atom. The normalized spacial score (nSPS) is 19.6. The standard InChI is InChI=1S/C11H17N5O3/c1-15-5-6(3-4-7(15)17)13-8-9(12)16(2)11(19)14-10(8)18/h6,13H,3-5,12H2,1-2H3,(H,14,18,19). The molecule has 0 bridgehead atoms. The fourth-order valence-electron chi connectivity index (χ4n) is 2.11. The number of carbonyl (C=O) groups excluding carboxylic acids is 1. The van der Waals surface area contributed by atoms with Gasteiger partial charge in [0.05, 0.1) is 0 Å². The molecule has 0 aromatic carbocycles. The Labute approximate surface area is 109 Å². The molecule has 1 unspecified atom stereocenters. The fraction of sp³-hybridized carbons (Fsp3) is 0.545. The Hall–Kier alpha value is -2.25. The SMILES string of the molecule is CN1CC(Nc2c(N)n(C)c(=O)[nH]c2=O)CCC1=O. The third-order valence-electron chi connectivity index (χ3n) is 3.34. The summed E-state index contributed by atoms with van der Waals surface area (Å²) in [4.78, 5) is 38.3. The lowest BCUT2D eigenvalue weighted by Gasteiger charge is -2.30. The first-order valence-electron chi connectivity index (χ1n) is 5.99. The van der Waals surface area contributed by atoms with E-state index in [4.69, 9.17) is 5.73 Å². The lowest BCUT2D eigenvalue weighted by Crippen LogP contribution is -2.44. The predicted molar refractivity (Wildman–Crippen MR) is 71.0 cm³/mol. The number of likely N-dealkylation sites (N-methyl/N-ethyl adjacent to an activating group) is 1. The van der Waals surface area contributed by atoms with Gasteiger partial charge in [0.2, 0.25) is 5.91 Å². The highest BCUT2D eigenvalue weighted by Gasteiger charge is 2.24. The lowest BCUT2D eigenvalue weighted by molar-refractivity contribution is -0.132. The zero-order chi connectivity index (χ0) is 14.2. The number of piperidine rings is 1. The first-order valence-corrected chi connectivity index (χ1v) is 5.99. The van der Waals surface area contributed by atoms with Crippen molar-refractivity contribution < 1.29 is 4.79 Å². The van der Waals surface area contributed by atoms with Gasteiger partial charge in [-0.05, 0) is 6.42 Å². The molecule has 0 aliphatic carbocycles. The molecule has 1 aliphatic rings. The second-order valence-corrected chi connectivity index (χ2v) is 4.73. The van der Waals surface area contributed by atoms with Gasteiger partial charge in [0.25, 0.3) is 5.56 Å².